The topological polar surface area (TPSA) is 58.0 Å². The Balaban J connectivity index is 3.27. The van der Waals surface area contributed by atoms with Crippen molar-refractivity contribution in [3.63, 3.8) is 0 Å². The number of hydrogen-bond acceptors (Lipinski definition) is 2. The number of rotatable bonds is 2. The van der Waals surface area contributed by atoms with Gasteiger partial charge in [0.05, 0.1) is 16.6 Å². The summed E-state index contributed by atoms with van der Waals surface area (Å²) >= 11 is 9.07. The highest BCUT2D eigenvalue weighted by molar-refractivity contribution is 9.10. The van der Waals surface area contributed by atoms with Crippen molar-refractivity contribution in [2.45, 2.75) is 0 Å². The molecule has 0 aliphatic heterocycles. The lowest BCUT2D eigenvalue weighted by molar-refractivity contribution is 0.412. The van der Waals surface area contributed by atoms with Gasteiger partial charge in [-0.2, -0.15) is 0 Å². The number of nitrogens with zero attached hydrogens (tertiary/aromatic N) is 3. The third-order valence-corrected chi connectivity index (χ3v) is 2.22. The van der Waals surface area contributed by atoms with Crippen LogP contribution in [0.4, 0.5) is 5.69 Å². The zero-order valence-corrected chi connectivity index (χ0v) is 9.00. The third kappa shape index (κ3) is 2.28. The fourth-order valence-corrected chi connectivity index (χ4v) is 1.87. The summed E-state index contributed by atoms with van der Waals surface area (Å²) in [5.41, 5.74) is 8.64. The van der Waals surface area contributed by atoms with Crippen LogP contribution in [-0.4, -0.2) is 7.11 Å². The molecule has 6 heteroatoms. The van der Waals surface area contributed by atoms with Crippen LogP contribution in [0.5, 0.6) is 5.75 Å². The number of benzene rings is 1. The predicted octanol–water partition coefficient (Wildman–Crippen LogP) is 4.05. The highest BCUT2D eigenvalue weighted by atomic mass is 79.9. The van der Waals surface area contributed by atoms with Crippen LogP contribution in [0.15, 0.2) is 21.7 Å². The zero-order chi connectivity index (χ0) is 9.84. The molecule has 0 saturated heterocycles. The molecule has 0 aliphatic carbocycles. The van der Waals surface area contributed by atoms with Crippen molar-refractivity contribution < 1.29 is 4.74 Å². The lowest BCUT2D eigenvalue weighted by Gasteiger charge is -2.05. The summed E-state index contributed by atoms with van der Waals surface area (Å²) in [6, 6.07) is 3.16. The van der Waals surface area contributed by atoms with Gasteiger partial charge in [-0.25, -0.2) is 0 Å². The lowest BCUT2D eigenvalue weighted by atomic mass is 10.3. The molecule has 0 heterocycles. The zero-order valence-electron chi connectivity index (χ0n) is 6.66. The van der Waals surface area contributed by atoms with Gasteiger partial charge in [0.2, 0.25) is 0 Å². The quantitative estimate of drug-likeness (QED) is 0.450. The average molecular weight is 262 g/mol. The molecule has 68 valence electrons. The van der Waals surface area contributed by atoms with Crippen LogP contribution in [0.1, 0.15) is 0 Å². The van der Waals surface area contributed by atoms with Crippen molar-refractivity contribution >= 4 is 33.2 Å². The minimum Gasteiger partial charge on any atom is -0.494 e. The number of halogens is 2. The highest BCUT2D eigenvalue weighted by Gasteiger charge is 2.06. The van der Waals surface area contributed by atoms with Crippen LogP contribution < -0.4 is 4.74 Å². The maximum Gasteiger partial charge on any atom is 0.151 e. The second-order valence-electron chi connectivity index (χ2n) is 2.13. The largest absolute Gasteiger partial charge is 0.494 e. The predicted molar refractivity (Wildman–Crippen MR) is 54.5 cm³/mol. The van der Waals surface area contributed by atoms with E-state index >= 15 is 0 Å². The minimum atomic E-state index is 0.402. The Morgan fingerprint density at radius 3 is 2.77 bits per heavy atom. The number of azide groups is 1. The first-order valence-electron chi connectivity index (χ1n) is 3.27. The van der Waals surface area contributed by atoms with Crippen molar-refractivity contribution in [1.82, 2.24) is 0 Å². The summed E-state index contributed by atoms with van der Waals surface area (Å²) in [6.07, 6.45) is 0. The molecule has 13 heavy (non-hydrogen) atoms. The Hall–Kier alpha value is -0.900. The monoisotopic (exact) mass is 261 g/mol. The summed E-state index contributed by atoms with van der Waals surface area (Å²) in [5.74, 6) is 0.526. The maximum absolute atomic E-state index is 8.20. The summed E-state index contributed by atoms with van der Waals surface area (Å²) in [4.78, 5) is 2.65. The summed E-state index contributed by atoms with van der Waals surface area (Å²) in [5, 5.41) is 3.82. The molecule has 4 nitrogen and oxygen atoms in total. The fraction of sp³-hybridized carbons (Fsp3) is 0.143. The second kappa shape index (κ2) is 4.37. The molecular weight excluding hydrogens is 257 g/mol. The van der Waals surface area contributed by atoms with E-state index in [-0.39, 0.29) is 0 Å². The number of methoxy groups -OCH3 is 1. The Labute approximate surface area is 88.2 Å². The van der Waals surface area contributed by atoms with E-state index in [0.29, 0.717) is 20.9 Å². The van der Waals surface area contributed by atoms with Gasteiger partial charge in [-0.3, -0.25) is 0 Å². The van der Waals surface area contributed by atoms with Crippen molar-refractivity contribution in [2.24, 2.45) is 5.11 Å². The van der Waals surface area contributed by atoms with Crippen molar-refractivity contribution in [3.8, 4) is 5.75 Å². The van der Waals surface area contributed by atoms with E-state index in [1.165, 1.54) is 13.2 Å². The number of hydrogen-bond donors (Lipinski definition) is 0. The summed E-state index contributed by atoms with van der Waals surface area (Å²) in [6.45, 7) is 0. The molecule has 0 spiro atoms. The van der Waals surface area contributed by atoms with Crippen molar-refractivity contribution in [1.29, 1.82) is 0 Å². The lowest BCUT2D eigenvalue weighted by Crippen LogP contribution is -1.84. The molecule has 0 aliphatic rings. The van der Waals surface area contributed by atoms with Crippen LogP contribution >= 0.6 is 27.5 Å². The van der Waals surface area contributed by atoms with Crippen LogP contribution in [0.2, 0.25) is 5.02 Å². The van der Waals surface area contributed by atoms with Crippen molar-refractivity contribution in [3.05, 3.63) is 32.1 Å². The van der Waals surface area contributed by atoms with E-state index in [4.69, 9.17) is 21.9 Å². The Morgan fingerprint density at radius 1 is 1.62 bits per heavy atom. The van der Waals surface area contributed by atoms with E-state index in [9.17, 15) is 0 Å². The normalized spacial score (nSPS) is 9.15. The van der Waals surface area contributed by atoms with Gasteiger partial charge in [-0.15, -0.1) is 0 Å². The van der Waals surface area contributed by atoms with Gasteiger partial charge in [-0.1, -0.05) is 16.7 Å². The van der Waals surface area contributed by atoms with Crippen LogP contribution in [0.3, 0.4) is 0 Å². The van der Waals surface area contributed by atoms with E-state index < -0.39 is 0 Å². The molecule has 1 aromatic carbocycles. The minimum absolute atomic E-state index is 0.402. The number of ether oxygens (including phenoxy) is 1. The molecule has 0 aromatic heterocycles. The highest BCUT2D eigenvalue weighted by Crippen LogP contribution is 2.36. The SMILES string of the molecule is COc1c(Cl)cc(N=[N+]=[N-])cc1Br. The standard InChI is InChI=1S/C7H5BrClN3O/c1-13-7-5(8)2-4(11-12-10)3-6(7)9/h2-3H,1H3. The molecule has 0 amide bonds. The van der Waals surface area contributed by atoms with E-state index in [1.807, 2.05) is 0 Å². The molecule has 1 rings (SSSR count). The first kappa shape index (κ1) is 10.2. The Kier molecular flexibility index (Phi) is 3.42. The molecule has 0 N–H and O–H groups in total. The molecule has 0 atom stereocenters. The molecular formula is C7H5BrClN3O. The van der Waals surface area contributed by atoms with E-state index in [1.54, 1.807) is 6.07 Å². The van der Waals surface area contributed by atoms with Gasteiger partial charge < -0.3 is 4.74 Å². The van der Waals surface area contributed by atoms with Gasteiger partial charge in [0.1, 0.15) is 0 Å². The maximum atomic E-state index is 8.20. The van der Waals surface area contributed by atoms with E-state index in [0.717, 1.165) is 0 Å². The van der Waals surface area contributed by atoms with Gasteiger partial charge in [0.15, 0.2) is 5.75 Å². The first-order valence-corrected chi connectivity index (χ1v) is 4.44. The van der Waals surface area contributed by atoms with Gasteiger partial charge >= 0.3 is 0 Å². The third-order valence-electron chi connectivity index (χ3n) is 1.35. The van der Waals surface area contributed by atoms with Gasteiger partial charge in [-0.05, 0) is 33.6 Å². The molecule has 1 aromatic rings. The molecule has 0 fully saturated rings. The fourth-order valence-electron chi connectivity index (χ4n) is 0.851. The smallest absolute Gasteiger partial charge is 0.151 e. The molecule has 0 radical (unpaired) electrons. The van der Waals surface area contributed by atoms with Crippen molar-refractivity contribution in [2.75, 3.05) is 7.11 Å². The van der Waals surface area contributed by atoms with Gasteiger partial charge in [0, 0.05) is 10.6 Å². The van der Waals surface area contributed by atoms with Crippen LogP contribution in [0, 0.1) is 0 Å². The van der Waals surface area contributed by atoms with Crippen LogP contribution in [-0.2, 0) is 0 Å². The van der Waals surface area contributed by atoms with E-state index in [2.05, 4.69) is 26.0 Å². The molecule has 0 unspecified atom stereocenters. The van der Waals surface area contributed by atoms with Crippen LogP contribution in [0.25, 0.3) is 10.4 Å². The second-order valence-corrected chi connectivity index (χ2v) is 3.39. The Bertz CT molecular complexity index is 353. The summed E-state index contributed by atoms with van der Waals surface area (Å²) < 4.78 is 5.65. The summed E-state index contributed by atoms with van der Waals surface area (Å²) in [7, 11) is 1.51. The molecule has 0 saturated carbocycles. The first-order chi connectivity index (χ1) is 6.19. The van der Waals surface area contributed by atoms with Gasteiger partial charge in [0.25, 0.3) is 0 Å². The molecule has 0 bridgehead atoms. The Morgan fingerprint density at radius 2 is 2.31 bits per heavy atom. The average Bonchev–Trinajstić information content (AvgIpc) is 2.04.